The fraction of sp³-hybridized carbons (Fsp3) is 0.154. The second-order valence-corrected chi connectivity index (χ2v) is 7.88. The van der Waals surface area contributed by atoms with Crippen LogP contribution in [0.5, 0.6) is 11.5 Å². The molecule has 0 spiro atoms. The third-order valence-corrected chi connectivity index (χ3v) is 5.92. The van der Waals surface area contributed by atoms with Gasteiger partial charge >= 0.3 is 6.03 Å². The molecule has 0 atom stereocenters. The van der Waals surface area contributed by atoms with E-state index >= 15 is 0 Å². The van der Waals surface area contributed by atoms with E-state index in [0.717, 1.165) is 4.90 Å². The molecule has 4 aromatic rings. The van der Waals surface area contributed by atoms with E-state index in [1.165, 1.54) is 7.11 Å². The Kier molecular flexibility index (Phi) is 5.66. The summed E-state index contributed by atoms with van der Waals surface area (Å²) in [6.07, 6.45) is 0. The van der Waals surface area contributed by atoms with Crippen LogP contribution in [0.4, 0.5) is 4.79 Å². The van der Waals surface area contributed by atoms with Gasteiger partial charge in [-0.1, -0.05) is 65.8 Å². The van der Waals surface area contributed by atoms with Gasteiger partial charge in [-0.15, -0.1) is 0 Å². The molecule has 9 heteroatoms. The van der Waals surface area contributed by atoms with Gasteiger partial charge in [-0.3, -0.25) is 9.69 Å². The zero-order valence-electron chi connectivity index (χ0n) is 19.1. The fourth-order valence-electron chi connectivity index (χ4n) is 4.20. The number of hydrogen-bond acceptors (Lipinski definition) is 7. The summed E-state index contributed by atoms with van der Waals surface area (Å²) in [5, 5.41) is 6.91. The highest BCUT2D eigenvalue weighted by atomic mass is 16.5. The molecule has 3 aromatic carbocycles. The van der Waals surface area contributed by atoms with Crippen molar-refractivity contribution < 1.29 is 23.6 Å². The predicted octanol–water partition coefficient (Wildman–Crippen LogP) is 3.75. The van der Waals surface area contributed by atoms with Crippen LogP contribution in [-0.2, 0) is 16.9 Å². The highest BCUT2D eigenvalue weighted by Crippen LogP contribution is 2.37. The molecule has 1 fully saturated rings. The van der Waals surface area contributed by atoms with Crippen molar-refractivity contribution in [1.82, 2.24) is 20.4 Å². The van der Waals surface area contributed by atoms with Crippen molar-refractivity contribution in [1.29, 1.82) is 0 Å². The first kappa shape index (κ1) is 22.1. The van der Waals surface area contributed by atoms with Crippen LogP contribution in [0.1, 0.15) is 17.0 Å². The molecule has 1 aliphatic heterocycles. The number of carbonyl (C=O) groups excluding carboxylic acids is 2. The average Bonchev–Trinajstić information content (AvgIpc) is 3.48. The van der Waals surface area contributed by atoms with Crippen LogP contribution in [-0.4, -0.2) is 41.2 Å². The van der Waals surface area contributed by atoms with Gasteiger partial charge < -0.3 is 19.3 Å². The number of nitrogens with zero attached hydrogens (tertiary/aromatic N) is 3. The van der Waals surface area contributed by atoms with Gasteiger partial charge in [-0.2, -0.15) is 4.98 Å². The highest BCUT2D eigenvalue weighted by Gasteiger charge is 2.54. The van der Waals surface area contributed by atoms with Crippen LogP contribution in [0.25, 0.3) is 11.4 Å². The van der Waals surface area contributed by atoms with Crippen LogP contribution in [0, 0.1) is 0 Å². The number of rotatable bonds is 7. The normalized spacial score (nSPS) is 14.6. The zero-order chi connectivity index (χ0) is 24.4. The van der Waals surface area contributed by atoms with Crippen molar-refractivity contribution >= 4 is 11.9 Å². The third-order valence-electron chi connectivity index (χ3n) is 5.92. The first-order valence-corrected chi connectivity index (χ1v) is 10.9. The summed E-state index contributed by atoms with van der Waals surface area (Å²) in [6, 6.07) is 23.0. The lowest BCUT2D eigenvalue weighted by Gasteiger charge is -2.27. The molecule has 1 N–H and O–H groups in total. The minimum Gasteiger partial charge on any atom is -0.493 e. The second kappa shape index (κ2) is 8.94. The molecule has 1 saturated heterocycles. The number of carbonyl (C=O) groups is 2. The van der Waals surface area contributed by atoms with E-state index in [2.05, 4.69) is 15.5 Å². The second-order valence-electron chi connectivity index (χ2n) is 7.88. The molecule has 2 heterocycles. The van der Waals surface area contributed by atoms with E-state index < -0.39 is 17.5 Å². The Labute approximate surface area is 201 Å². The first-order valence-electron chi connectivity index (χ1n) is 10.9. The molecule has 0 bridgehead atoms. The predicted molar refractivity (Wildman–Crippen MR) is 126 cm³/mol. The molecule has 1 aliphatic rings. The van der Waals surface area contributed by atoms with E-state index in [9.17, 15) is 9.59 Å². The molecule has 0 radical (unpaired) electrons. The maximum Gasteiger partial charge on any atom is 0.326 e. The Balaban J connectivity index is 1.46. The number of hydrogen-bond donors (Lipinski definition) is 1. The number of ether oxygens (including phenoxy) is 2. The molecule has 176 valence electrons. The molecule has 0 aliphatic carbocycles. The van der Waals surface area contributed by atoms with Gasteiger partial charge in [0.1, 0.15) is 6.54 Å². The highest BCUT2D eigenvalue weighted by molar-refractivity contribution is 6.09. The van der Waals surface area contributed by atoms with Gasteiger partial charge in [-0.25, -0.2) is 4.79 Å². The van der Waals surface area contributed by atoms with Gasteiger partial charge in [0.15, 0.2) is 17.0 Å². The van der Waals surface area contributed by atoms with Crippen LogP contribution in [0.2, 0.25) is 0 Å². The number of nitrogens with one attached hydrogen (secondary N) is 1. The summed E-state index contributed by atoms with van der Waals surface area (Å²) in [5.41, 5.74) is 0.594. The largest absolute Gasteiger partial charge is 0.493 e. The van der Waals surface area contributed by atoms with Crippen LogP contribution < -0.4 is 14.8 Å². The monoisotopic (exact) mass is 470 g/mol. The number of amides is 3. The van der Waals surface area contributed by atoms with E-state index in [1.807, 2.05) is 60.7 Å². The zero-order valence-corrected chi connectivity index (χ0v) is 19.1. The van der Waals surface area contributed by atoms with E-state index in [-0.39, 0.29) is 12.4 Å². The van der Waals surface area contributed by atoms with E-state index in [1.54, 1.807) is 25.3 Å². The minimum absolute atomic E-state index is 0.121. The number of urea groups is 1. The van der Waals surface area contributed by atoms with Gasteiger partial charge in [0, 0.05) is 5.56 Å². The van der Waals surface area contributed by atoms with Crippen molar-refractivity contribution in [2.45, 2.75) is 12.1 Å². The smallest absolute Gasteiger partial charge is 0.326 e. The van der Waals surface area contributed by atoms with Crippen molar-refractivity contribution in [3.05, 3.63) is 95.9 Å². The number of benzene rings is 3. The van der Waals surface area contributed by atoms with Gasteiger partial charge in [0.05, 0.1) is 14.2 Å². The summed E-state index contributed by atoms with van der Waals surface area (Å²) >= 11 is 0. The summed E-state index contributed by atoms with van der Waals surface area (Å²) < 4.78 is 16.0. The van der Waals surface area contributed by atoms with E-state index in [0.29, 0.717) is 34.0 Å². The maximum atomic E-state index is 13.8. The quantitative estimate of drug-likeness (QED) is 0.410. The minimum atomic E-state index is -1.36. The molecular weight excluding hydrogens is 448 g/mol. The summed E-state index contributed by atoms with van der Waals surface area (Å²) in [4.78, 5) is 32.3. The first-order chi connectivity index (χ1) is 17.1. The Morgan fingerprint density at radius 1 is 0.886 bits per heavy atom. The molecule has 5 rings (SSSR count). The van der Waals surface area contributed by atoms with Crippen LogP contribution in [0.15, 0.2) is 83.4 Å². The topological polar surface area (TPSA) is 107 Å². The molecular formula is C26H22N4O5. The molecule has 9 nitrogen and oxygen atoms in total. The van der Waals surface area contributed by atoms with Crippen molar-refractivity contribution in [3.8, 4) is 22.9 Å². The molecule has 3 amide bonds. The average molecular weight is 470 g/mol. The van der Waals surface area contributed by atoms with Crippen molar-refractivity contribution in [2.75, 3.05) is 14.2 Å². The lowest BCUT2D eigenvalue weighted by atomic mass is 9.82. The molecule has 0 saturated carbocycles. The van der Waals surface area contributed by atoms with Crippen molar-refractivity contribution in [3.63, 3.8) is 0 Å². The lowest BCUT2D eigenvalue weighted by Crippen LogP contribution is -2.45. The van der Waals surface area contributed by atoms with Gasteiger partial charge in [0.25, 0.3) is 5.91 Å². The van der Waals surface area contributed by atoms with Crippen molar-refractivity contribution in [2.24, 2.45) is 0 Å². The Bertz CT molecular complexity index is 1330. The lowest BCUT2D eigenvalue weighted by molar-refractivity contribution is -0.130. The number of methoxy groups -OCH3 is 2. The summed E-state index contributed by atoms with van der Waals surface area (Å²) in [6.45, 7) is -0.174. The fourth-order valence-corrected chi connectivity index (χ4v) is 4.20. The Morgan fingerprint density at radius 2 is 1.51 bits per heavy atom. The molecule has 0 unspecified atom stereocenters. The third kappa shape index (κ3) is 3.76. The van der Waals surface area contributed by atoms with Crippen LogP contribution >= 0.6 is 0 Å². The number of imide groups is 1. The van der Waals surface area contributed by atoms with Crippen LogP contribution in [0.3, 0.4) is 0 Å². The Hall–Kier alpha value is -4.66. The SMILES string of the molecule is COc1ccc(-c2noc(CN3C(=O)NC(c4ccccc4)(c4ccccc4)C3=O)n2)cc1OC. The van der Waals surface area contributed by atoms with E-state index in [4.69, 9.17) is 14.0 Å². The summed E-state index contributed by atoms with van der Waals surface area (Å²) in [5.74, 6) is 1.07. The summed E-state index contributed by atoms with van der Waals surface area (Å²) in [7, 11) is 3.08. The maximum absolute atomic E-state index is 13.8. The Morgan fingerprint density at radius 3 is 2.11 bits per heavy atom. The molecule has 35 heavy (non-hydrogen) atoms. The van der Waals surface area contributed by atoms with Gasteiger partial charge in [0.2, 0.25) is 11.7 Å². The number of aromatic nitrogens is 2. The van der Waals surface area contributed by atoms with Gasteiger partial charge in [-0.05, 0) is 29.3 Å². The standard InChI is InChI=1S/C26H22N4O5/c1-33-20-14-13-17(15-21(20)34-2)23-27-22(35-29-23)16-30-24(31)26(28-25(30)32,18-9-5-3-6-10-18)19-11-7-4-8-12-19/h3-15H,16H2,1-2H3,(H,28,32). The molecule has 1 aromatic heterocycles.